The van der Waals surface area contributed by atoms with E-state index < -0.39 is 25.5 Å². The van der Waals surface area contributed by atoms with E-state index in [9.17, 15) is 21.9 Å². The van der Waals surface area contributed by atoms with Crippen LogP contribution in [0.2, 0.25) is 0 Å². The van der Waals surface area contributed by atoms with E-state index in [1.54, 1.807) is 5.38 Å². The Bertz CT molecular complexity index is 943. The van der Waals surface area contributed by atoms with Crippen molar-refractivity contribution in [2.75, 3.05) is 11.0 Å². The topological polar surface area (TPSA) is 113 Å². The minimum Gasteiger partial charge on any atom is -0.384 e. The zero-order valence-corrected chi connectivity index (χ0v) is 16.5. The molecule has 1 aromatic heterocycles. The average Bonchev–Trinajstić information content (AvgIpc) is 3.01. The molecule has 138 valence electrons. The van der Waals surface area contributed by atoms with Crippen molar-refractivity contribution in [2.24, 2.45) is 0 Å². The Kier molecular flexibility index (Phi) is 5.57. The maximum atomic E-state index is 12.4. The summed E-state index contributed by atoms with van der Waals surface area (Å²) in [6.07, 6.45) is 1.98. The summed E-state index contributed by atoms with van der Waals surface area (Å²) in [5, 5.41) is 12.2. The largest absolute Gasteiger partial charge is 0.384 e. The summed E-state index contributed by atoms with van der Waals surface area (Å²) in [7, 11) is -7.30. The summed E-state index contributed by atoms with van der Waals surface area (Å²) >= 11 is 1.08. The van der Waals surface area contributed by atoms with E-state index >= 15 is 0 Å². The number of hydrogen-bond donors (Lipinski definition) is 2. The molecule has 1 aromatic carbocycles. The molecule has 0 unspecified atom stereocenters. The Morgan fingerprint density at radius 3 is 2.08 bits per heavy atom. The zero-order chi connectivity index (χ0) is 18.9. The maximum absolute atomic E-state index is 12.4. The molecule has 7 nitrogen and oxygen atoms in total. The summed E-state index contributed by atoms with van der Waals surface area (Å²) < 4.78 is 50.0. The zero-order valence-electron chi connectivity index (χ0n) is 14.1. The van der Waals surface area contributed by atoms with E-state index in [2.05, 4.69) is 9.71 Å². The fourth-order valence-electron chi connectivity index (χ4n) is 2.19. The molecule has 25 heavy (non-hydrogen) atoms. The molecule has 2 rings (SSSR count). The molecule has 0 atom stereocenters. The number of aromatic nitrogens is 1. The number of hydrogen-bond acceptors (Lipinski definition) is 7. The smallest absolute Gasteiger partial charge is 0.263 e. The summed E-state index contributed by atoms with van der Waals surface area (Å²) in [6.45, 7) is 3.66. The van der Waals surface area contributed by atoms with E-state index in [-0.39, 0.29) is 14.9 Å². The number of nitrogens with one attached hydrogen (secondary N) is 1. The first kappa shape index (κ1) is 19.8. The van der Waals surface area contributed by atoms with E-state index in [0.29, 0.717) is 18.5 Å². The molecule has 0 spiro atoms. The molecule has 0 aliphatic carbocycles. The molecule has 0 aliphatic rings. The van der Waals surface area contributed by atoms with Crippen molar-refractivity contribution < 1.29 is 21.9 Å². The summed E-state index contributed by atoms with van der Waals surface area (Å²) in [5.74, 6) is 0. The van der Waals surface area contributed by atoms with Crippen molar-refractivity contribution in [2.45, 2.75) is 42.1 Å². The number of aliphatic hydroxyl groups is 1. The van der Waals surface area contributed by atoms with Gasteiger partial charge in [0, 0.05) is 11.6 Å². The highest BCUT2D eigenvalue weighted by Crippen LogP contribution is 2.31. The highest BCUT2D eigenvalue weighted by molar-refractivity contribution is 7.93. The molecular formula is C15H20N2O5S3. The van der Waals surface area contributed by atoms with Crippen molar-refractivity contribution >= 4 is 36.3 Å². The summed E-state index contributed by atoms with van der Waals surface area (Å²) in [6, 6.07) is 4.93. The summed E-state index contributed by atoms with van der Waals surface area (Å²) in [4.78, 5) is 4.14. The highest BCUT2D eigenvalue weighted by atomic mass is 32.2. The lowest BCUT2D eigenvalue weighted by Crippen LogP contribution is -2.24. The number of benzene rings is 1. The van der Waals surface area contributed by atoms with Crippen LogP contribution in [0.1, 0.15) is 32.4 Å². The van der Waals surface area contributed by atoms with Gasteiger partial charge in [0.2, 0.25) is 0 Å². The molecule has 0 bridgehead atoms. The van der Waals surface area contributed by atoms with Crippen molar-refractivity contribution in [1.82, 2.24) is 4.98 Å². The van der Waals surface area contributed by atoms with E-state index in [4.69, 9.17) is 0 Å². The van der Waals surface area contributed by atoms with Gasteiger partial charge in [-0.2, -0.15) is 0 Å². The van der Waals surface area contributed by atoms with Gasteiger partial charge < -0.3 is 5.11 Å². The molecular weight excluding hydrogens is 384 g/mol. The van der Waals surface area contributed by atoms with Gasteiger partial charge in [0.25, 0.3) is 10.0 Å². The fraction of sp³-hybridized carbons (Fsp3) is 0.400. The second kappa shape index (κ2) is 7.02. The normalized spacial score (nSPS) is 13.0. The third-order valence-electron chi connectivity index (χ3n) is 3.93. The van der Waals surface area contributed by atoms with Crippen LogP contribution in [0.3, 0.4) is 0 Å². The van der Waals surface area contributed by atoms with Gasteiger partial charge in [-0.3, -0.25) is 4.72 Å². The molecule has 0 amide bonds. The lowest BCUT2D eigenvalue weighted by molar-refractivity contribution is 0.0247. The molecule has 0 aliphatic heterocycles. The van der Waals surface area contributed by atoms with Gasteiger partial charge in [0.15, 0.2) is 15.0 Å². The lowest BCUT2D eigenvalue weighted by atomic mass is 9.94. The standard InChI is InChI=1S/C15H20N2O5S3/c1-4-15(18,5-2)13-10-23-14(16-13)17-25(21,22)12-8-6-11(7-9-12)24(3,19)20/h6-10,18H,4-5H2,1-3H3,(H,16,17). The van der Waals surface area contributed by atoms with Crippen LogP contribution in [0.25, 0.3) is 0 Å². The van der Waals surface area contributed by atoms with Crippen molar-refractivity contribution in [3.8, 4) is 0 Å². The monoisotopic (exact) mass is 404 g/mol. The molecule has 0 saturated carbocycles. The van der Waals surface area contributed by atoms with Crippen LogP contribution in [-0.4, -0.2) is 33.2 Å². The Morgan fingerprint density at radius 1 is 1.08 bits per heavy atom. The molecule has 0 saturated heterocycles. The number of anilines is 1. The number of rotatable bonds is 7. The van der Waals surface area contributed by atoms with E-state index in [1.807, 2.05) is 13.8 Å². The first-order valence-electron chi connectivity index (χ1n) is 7.53. The van der Waals surface area contributed by atoms with Crippen LogP contribution < -0.4 is 4.72 Å². The predicted molar refractivity (Wildman–Crippen MR) is 97.0 cm³/mol. The molecule has 2 aromatic rings. The maximum Gasteiger partial charge on any atom is 0.263 e. The second-order valence-electron chi connectivity index (χ2n) is 5.63. The van der Waals surface area contributed by atoms with Crippen molar-refractivity contribution in [3.05, 3.63) is 35.3 Å². The van der Waals surface area contributed by atoms with E-state index in [0.717, 1.165) is 17.6 Å². The van der Waals surface area contributed by atoms with Crippen molar-refractivity contribution in [3.63, 3.8) is 0 Å². The van der Waals surface area contributed by atoms with Crippen LogP contribution in [0, 0.1) is 0 Å². The van der Waals surface area contributed by atoms with Crippen LogP contribution in [-0.2, 0) is 25.5 Å². The molecule has 0 fully saturated rings. The third kappa shape index (κ3) is 4.38. The molecule has 0 radical (unpaired) electrons. The number of sulfone groups is 1. The van der Waals surface area contributed by atoms with Gasteiger partial charge in [-0.15, -0.1) is 11.3 Å². The number of thiazole rings is 1. The Morgan fingerprint density at radius 2 is 1.60 bits per heavy atom. The van der Waals surface area contributed by atoms with Gasteiger partial charge in [0.1, 0.15) is 5.60 Å². The molecule has 1 heterocycles. The van der Waals surface area contributed by atoms with Gasteiger partial charge >= 0.3 is 0 Å². The molecule has 2 N–H and O–H groups in total. The Hall–Kier alpha value is -1.49. The van der Waals surface area contributed by atoms with Crippen molar-refractivity contribution in [1.29, 1.82) is 0 Å². The lowest BCUT2D eigenvalue weighted by Gasteiger charge is -2.22. The predicted octanol–water partition coefficient (Wildman–Crippen LogP) is 2.36. The first-order valence-corrected chi connectivity index (χ1v) is 11.8. The van der Waals surface area contributed by atoms with Crippen LogP contribution in [0.5, 0.6) is 0 Å². The van der Waals surface area contributed by atoms with Crippen LogP contribution >= 0.6 is 11.3 Å². The number of sulfonamides is 1. The minimum atomic E-state index is -3.90. The van der Waals surface area contributed by atoms with Crippen LogP contribution in [0.4, 0.5) is 5.13 Å². The molecule has 10 heteroatoms. The summed E-state index contributed by atoms with van der Waals surface area (Å²) in [5.41, 5.74) is -0.662. The number of nitrogens with zero attached hydrogens (tertiary/aromatic N) is 1. The van der Waals surface area contributed by atoms with Gasteiger partial charge in [-0.1, -0.05) is 13.8 Å². The Balaban J connectivity index is 2.26. The minimum absolute atomic E-state index is 0.0407. The quantitative estimate of drug-likeness (QED) is 0.732. The fourth-order valence-corrected chi connectivity index (χ4v) is 4.87. The van der Waals surface area contributed by atoms with E-state index in [1.165, 1.54) is 24.3 Å². The van der Waals surface area contributed by atoms with Gasteiger partial charge in [0.05, 0.1) is 15.5 Å². The van der Waals surface area contributed by atoms with Gasteiger partial charge in [-0.05, 0) is 37.1 Å². The SMILES string of the molecule is CCC(O)(CC)c1csc(NS(=O)(=O)c2ccc(S(C)(=O)=O)cc2)n1. The first-order chi connectivity index (χ1) is 11.5. The van der Waals surface area contributed by atoms with Crippen LogP contribution in [0.15, 0.2) is 39.4 Å². The Labute approximate surface area is 151 Å². The second-order valence-corrected chi connectivity index (χ2v) is 10.2. The third-order valence-corrected chi connectivity index (χ3v) is 7.30. The van der Waals surface area contributed by atoms with Gasteiger partial charge in [-0.25, -0.2) is 21.8 Å². The average molecular weight is 405 g/mol. The highest BCUT2D eigenvalue weighted by Gasteiger charge is 2.28.